The van der Waals surface area contributed by atoms with Crippen molar-refractivity contribution >= 4 is 23.3 Å². The highest BCUT2D eigenvalue weighted by Gasteiger charge is 2.24. The van der Waals surface area contributed by atoms with Crippen LogP contribution in [0.15, 0.2) is 60.0 Å². The molecule has 9 heteroatoms. The molecule has 1 aromatic carbocycles. The molecule has 0 spiro atoms. The van der Waals surface area contributed by atoms with Crippen LogP contribution in [0.4, 0.5) is 5.82 Å². The summed E-state index contributed by atoms with van der Waals surface area (Å²) in [5.74, 6) is 0.368. The molecule has 3 heterocycles. The number of hydrogen-bond donors (Lipinski definition) is 1. The zero-order valence-electron chi connectivity index (χ0n) is 19.0. The van der Waals surface area contributed by atoms with Crippen LogP contribution in [-0.4, -0.2) is 48.8 Å². The molecular weight excluding hydrogens is 418 g/mol. The molecule has 0 saturated carbocycles. The van der Waals surface area contributed by atoms with Crippen LogP contribution in [0.1, 0.15) is 51.3 Å². The summed E-state index contributed by atoms with van der Waals surface area (Å²) < 4.78 is 1.51. The molecule has 2 aromatic heterocycles. The summed E-state index contributed by atoms with van der Waals surface area (Å²) in [6, 6.07) is 13.3. The number of nitrogens with one attached hydrogen (secondary N) is 1. The van der Waals surface area contributed by atoms with Crippen molar-refractivity contribution in [2.24, 2.45) is 5.10 Å². The Labute approximate surface area is 192 Å². The highest BCUT2D eigenvalue weighted by atomic mass is 16.2. The van der Waals surface area contributed by atoms with Gasteiger partial charge in [-0.25, -0.2) is 15.0 Å². The summed E-state index contributed by atoms with van der Waals surface area (Å²) in [7, 11) is 0. The predicted molar refractivity (Wildman–Crippen MR) is 125 cm³/mol. The zero-order valence-corrected chi connectivity index (χ0v) is 19.0. The summed E-state index contributed by atoms with van der Waals surface area (Å²) in [5.41, 5.74) is 2.47. The first kappa shape index (κ1) is 22.3. The van der Waals surface area contributed by atoms with Crippen molar-refractivity contribution in [3.05, 3.63) is 66.1 Å². The van der Waals surface area contributed by atoms with E-state index >= 15 is 0 Å². The number of benzene rings is 1. The van der Waals surface area contributed by atoms with E-state index < -0.39 is 0 Å². The summed E-state index contributed by atoms with van der Waals surface area (Å²) in [6.07, 6.45) is 4.04. The van der Waals surface area contributed by atoms with Gasteiger partial charge in [0.25, 0.3) is 5.95 Å². The second-order valence-corrected chi connectivity index (χ2v) is 8.85. The first-order valence-electron chi connectivity index (χ1n) is 10.9. The molecule has 2 amide bonds. The third-order valence-electron chi connectivity index (χ3n) is 5.25. The Hall–Kier alpha value is -3.88. The lowest BCUT2D eigenvalue weighted by atomic mass is 9.92. The standard InChI is InChI=1S/C24H27N7O2/c1-24(2,3)19-16-20(31(29-19)23-25-13-7-14-26-23)27-21(32)10-11-22(33)30-15-12-18(28-30)17-8-5-4-6-9-17/h4-9,13-14,16H,10-12,15H2,1-3H3,(H,27,32). The molecule has 33 heavy (non-hydrogen) atoms. The maximum absolute atomic E-state index is 12.7. The second-order valence-electron chi connectivity index (χ2n) is 8.85. The highest BCUT2D eigenvalue weighted by molar-refractivity contribution is 6.02. The molecule has 0 unspecified atom stereocenters. The predicted octanol–water partition coefficient (Wildman–Crippen LogP) is 3.32. The maximum atomic E-state index is 12.7. The largest absolute Gasteiger partial charge is 0.310 e. The van der Waals surface area contributed by atoms with Gasteiger partial charge in [0.1, 0.15) is 5.82 Å². The van der Waals surface area contributed by atoms with E-state index in [1.165, 1.54) is 9.69 Å². The SMILES string of the molecule is CC(C)(C)c1cc(NC(=O)CCC(=O)N2CCC(c3ccccc3)=N2)n(-c2ncccn2)n1. The normalized spacial score (nSPS) is 13.7. The Bertz CT molecular complexity index is 1160. The summed E-state index contributed by atoms with van der Waals surface area (Å²) in [5, 5.41) is 13.3. The van der Waals surface area contributed by atoms with Gasteiger partial charge in [0.2, 0.25) is 11.8 Å². The molecule has 4 rings (SSSR count). The Morgan fingerprint density at radius 3 is 2.45 bits per heavy atom. The number of anilines is 1. The van der Waals surface area contributed by atoms with Crippen LogP contribution in [-0.2, 0) is 15.0 Å². The van der Waals surface area contributed by atoms with Crippen LogP contribution in [0.3, 0.4) is 0 Å². The number of nitrogens with zero attached hydrogens (tertiary/aromatic N) is 6. The average Bonchev–Trinajstić information content (AvgIpc) is 3.46. The molecular formula is C24H27N7O2. The quantitative estimate of drug-likeness (QED) is 0.627. The van der Waals surface area contributed by atoms with E-state index in [0.717, 1.165) is 17.0 Å². The van der Waals surface area contributed by atoms with E-state index in [0.29, 0.717) is 24.7 Å². The monoisotopic (exact) mass is 445 g/mol. The van der Waals surface area contributed by atoms with Crippen molar-refractivity contribution < 1.29 is 9.59 Å². The molecule has 0 atom stereocenters. The minimum Gasteiger partial charge on any atom is -0.310 e. The number of hydrogen-bond acceptors (Lipinski definition) is 6. The van der Waals surface area contributed by atoms with Gasteiger partial charge in [-0.3, -0.25) is 9.59 Å². The van der Waals surface area contributed by atoms with Crippen molar-refractivity contribution in [2.75, 3.05) is 11.9 Å². The van der Waals surface area contributed by atoms with Crippen LogP contribution in [0, 0.1) is 0 Å². The first-order chi connectivity index (χ1) is 15.8. The maximum Gasteiger partial charge on any atom is 0.252 e. The van der Waals surface area contributed by atoms with Crippen molar-refractivity contribution in [1.29, 1.82) is 0 Å². The third-order valence-corrected chi connectivity index (χ3v) is 5.25. The topological polar surface area (TPSA) is 105 Å². The van der Waals surface area contributed by atoms with Crippen LogP contribution >= 0.6 is 0 Å². The van der Waals surface area contributed by atoms with Gasteiger partial charge in [-0.05, 0) is 11.6 Å². The van der Waals surface area contributed by atoms with E-state index in [9.17, 15) is 9.59 Å². The molecule has 170 valence electrons. The summed E-state index contributed by atoms with van der Waals surface area (Å²) in [6.45, 7) is 6.64. The molecule has 0 bridgehead atoms. The van der Waals surface area contributed by atoms with E-state index in [1.54, 1.807) is 18.5 Å². The van der Waals surface area contributed by atoms with Gasteiger partial charge in [0, 0.05) is 43.1 Å². The van der Waals surface area contributed by atoms with Gasteiger partial charge in [-0.15, -0.1) is 0 Å². The molecule has 0 radical (unpaired) electrons. The van der Waals surface area contributed by atoms with Crippen molar-refractivity contribution in [1.82, 2.24) is 24.8 Å². The fourth-order valence-electron chi connectivity index (χ4n) is 3.42. The Morgan fingerprint density at radius 2 is 1.76 bits per heavy atom. The number of hydrazone groups is 1. The molecule has 1 aliphatic heterocycles. The van der Waals surface area contributed by atoms with Crippen molar-refractivity contribution in [3.63, 3.8) is 0 Å². The minimum absolute atomic E-state index is 0.0389. The van der Waals surface area contributed by atoms with Crippen LogP contribution < -0.4 is 5.32 Å². The average molecular weight is 446 g/mol. The molecule has 3 aromatic rings. The van der Waals surface area contributed by atoms with Gasteiger partial charge in [-0.2, -0.15) is 14.9 Å². The lowest BCUT2D eigenvalue weighted by Gasteiger charge is -2.13. The number of aromatic nitrogens is 4. The number of carbonyl (C=O) groups is 2. The number of carbonyl (C=O) groups excluding carboxylic acids is 2. The first-order valence-corrected chi connectivity index (χ1v) is 10.9. The number of rotatable bonds is 6. The van der Waals surface area contributed by atoms with E-state index in [2.05, 4.69) is 25.5 Å². The van der Waals surface area contributed by atoms with Crippen LogP contribution in [0.5, 0.6) is 0 Å². The number of amides is 2. The molecule has 0 saturated heterocycles. The third kappa shape index (κ3) is 5.31. The lowest BCUT2D eigenvalue weighted by Crippen LogP contribution is -2.25. The van der Waals surface area contributed by atoms with Gasteiger partial charge in [0.05, 0.1) is 18.0 Å². The molecule has 0 fully saturated rings. The molecule has 9 nitrogen and oxygen atoms in total. The van der Waals surface area contributed by atoms with Gasteiger partial charge < -0.3 is 5.32 Å². The van der Waals surface area contributed by atoms with E-state index in [-0.39, 0.29) is 30.1 Å². The zero-order chi connectivity index (χ0) is 23.4. The van der Waals surface area contributed by atoms with Gasteiger partial charge >= 0.3 is 0 Å². The lowest BCUT2D eigenvalue weighted by molar-refractivity contribution is -0.132. The Balaban J connectivity index is 1.41. The van der Waals surface area contributed by atoms with Crippen molar-refractivity contribution in [2.45, 2.75) is 45.4 Å². The minimum atomic E-state index is -0.285. The molecule has 1 aliphatic rings. The summed E-state index contributed by atoms with van der Waals surface area (Å²) >= 11 is 0. The van der Waals surface area contributed by atoms with Gasteiger partial charge in [-0.1, -0.05) is 51.1 Å². The van der Waals surface area contributed by atoms with Crippen LogP contribution in [0.2, 0.25) is 0 Å². The van der Waals surface area contributed by atoms with Crippen LogP contribution in [0.25, 0.3) is 5.95 Å². The smallest absolute Gasteiger partial charge is 0.252 e. The second kappa shape index (κ2) is 9.32. The molecule has 1 N–H and O–H groups in total. The Kier molecular flexibility index (Phi) is 6.30. The Morgan fingerprint density at radius 1 is 1.03 bits per heavy atom. The fraction of sp³-hybridized carbons (Fsp3) is 0.333. The van der Waals surface area contributed by atoms with Crippen molar-refractivity contribution in [3.8, 4) is 5.95 Å². The fourth-order valence-corrected chi connectivity index (χ4v) is 3.42. The summed E-state index contributed by atoms with van der Waals surface area (Å²) in [4.78, 5) is 33.7. The van der Waals surface area contributed by atoms with E-state index in [4.69, 9.17) is 0 Å². The molecule has 0 aliphatic carbocycles. The highest BCUT2D eigenvalue weighted by Crippen LogP contribution is 2.25. The van der Waals surface area contributed by atoms with E-state index in [1.807, 2.05) is 57.2 Å². The van der Waals surface area contributed by atoms with Gasteiger partial charge in [0.15, 0.2) is 0 Å².